The maximum absolute atomic E-state index is 13.8. The van der Waals surface area contributed by atoms with Crippen molar-refractivity contribution in [1.82, 2.24) is 9.80 Å². The van der Waals surface area contributed by atoms with Crippen molar-refractivity contribution < 1.29 is 23.9 Å². The van der Waals surface area contributed by atoms with Gasteiger partial charge >= 0.3 is 0 Å². The van der Waals surface area contributed by atoms with Gasteiger partial charge in [0, 0.05) is 63.7 Å². The number of carbonyl (C=O) groups excluding carboxylic acids is 2. The van der Waals surface area contributed by atoms with Crippen molar-refractivity contribution >= 4 is 24.0 Å². The smallest absolute Gasteiger partial charge is 0.290 e. The van der Waals surface area contributed by atoms with E-state index < -0.39 is 0 Å². The molecule has 2 heterocycles. The maximum Gasteiger partial charge on any atom is 0.290 e. The SMILES string of the molecule is CC(=O)N1C[C@H]2CN(C(=O)c3ccc(N(C)C)cc3)C[C@H]2[C@H]1c1cccc(F)c1.O=CO. The van der Waals surface area contributed by atoms with Gasteiger partial charge in [0.1, 0.15) is 5.82 Å². The highest BCUT2D eigenvalue weighted by Crippen LogP contribution is 2.45. The Morgan fingerprint density at radius 3 is 2.31 bits per heavy atom. The zero-order valence-corrected chi connectivity index (χ0v) is 18.4. The first-order chi connectivity index (χ1) is 15.3. The summed E-state index contributed by atoms with van der Waals surface area (Å²) in [4.78, 5) is 39.3. The number of amides is 2. The van der Waals surface area contributed by atoms with Gasteiger partial charge in [0.05, 0.1) is 6.04 Å². The van der Waals surface area contributed by atoms with Crippen molar-refractivity contribution in [2.24, 2.45) is 11.8 Å². The summed E-state index contributed by atoms with van der Waals surface area (Å²) < 4.78 is 13.8. The second kappa shape index (κ2) is 9.80. The average molecular weight is 442 g/mol. The molecule has 2 saturated heterocycles. The highest BCUT2D eigenvalue weighted by Gasteiger charge is 2.49. The first-order valence-corrected chi connectivity index (χ1v) is 10.4. The summed E-state index contributed by atoms with van der Waals surface area (Å²) in [6.07, 6.45) is 0. The summed E-state index contributed by atoms with van der Waals surface area (Å²) in [6.45, 7) is 3.10. The number of rotatable bonds is 3. The van der Waals surface area contributed by atoms with Crippen LogP contribution in [0.1, 0.15) is 28.9 Å². The molecule has 0 aromatic heterocycles. The molecule has 2 aromatic rings. The average Bonchev–Trinajstić information content (AvgIpc) is 3.32. The largest absolute Gasteiger partial charge is 0.483 e. The standard InChI is InChI=1S/C23H26FN3O2.CH2O2/c1-15(28)27-13-18-12-26(23(29)16-7-9-20(10-8-16)25(2)3)14-21(18)22(27)17-5-4-6-19(24)11-17;2-1-3/h4-11,18,21-22H,12-14H2,1-3H3;1H,(H,2,3)/t18-,21-,22-;/m1./s1. The first kappa shape index (κ1) is 23.2. The van der Waals surface area contributed by atoms with Crippen LogP contribution in [0.3, 0.4) is 0 Å². The Morgan fingerprint density at radius 2 is 1.75 bits per heavy atom. The van der Waals surface area contributed by atoms with Crippen molar-refractivity contribution in [3.05, 3.63) is 65.5 Å². The van der Waals surface area contributed by atoms with E-state index in [-0.39, 0.29) is 42.0 Å². The van der Waals surface area contributed by atoms with Gasteiger partial charge in [0.2, 0.25) is 5.91 Å². The van der Waals surface area contributed by atoms with Crippen molar-refractivity contribution in [2.45, 2.75) is 13.0 Å². The van der Waals surface area contributed by atoms with Crippen LogP contribution in [0.4, 0.5) is 10.1 Å². The lowest BCUT2D eigenvalue weighted by Crippen LogP contribution is -2.36. The van der Waals surface area contributed by atoms with Crippen molar-refractivity contribution in [1.29, 1.82) is 0 Å². The monoisotopic (exact) mass is 441 g/mol. The zero-order chi connectivity index (χ0) is 23.4. The van der Waals surface area contributed by atoms with Gasteiger partial charge in [0.15, 0.2) is 0 Å². The van der Waals surface area contributed by atoms with Crippen LogP contribution < -0.4 is 4.90 Å². The molecule has 0 unspecified atom stereocenters. The molecular formula is C24H28FN3O4. The Balaban J connectivity index is 0.000000913. The van der Waals surface area contributed by atoms with E-state index >= 15 is 0 Å². The van der Waals surface area contributed by atoms with E-state index in [0.29, 0.717) is 25.2 Å². The molecule has 1 N–H and O–H groups in total. The van der Waals surface area contributed by atoms with E-state index in [9.17, 15) is 14.0 Å². The molecule has 2 amide bonds. The Kier molecular flexibility index (Phi) is 7.12. The molecule has 7 nitrogen and oxygen atoms in total. The molecule has 2 aliphatic heterocycles. The second-order valence-corrected chi connectivity index (χ2v) is 8.35. The molecule has 0 spiro atoms. The van der Waals surface area contributed by atoms with Gasteiger partial charge in [-0.3, -0.25) is 14.4 Å². The summed E-state index contributed by atoms with van der Waals surface area (Å²) >= 11 is 0. The minimum absolute atomic E-state index is 0.00851. The molecule has 0 aliphatic carbocycles. The Labute approximate surface area is 187 Å². The molecule has 170 valence electrons. The minimum Gasteiger partial charge on any atom is -0.483 e. The lowest BCUT2D eigenvalue weighted by molar-refractivity contribution is -0.130. The van der Waals surface area contributed by atoms with E-state index in [1.54, 1.807) is 13.0 Å². The molecule has 0 bridgehead atoms. The number of anilines is 1. The Bertz CT molecular complexity index is 979. The zero-order valence-electron chi connectivity index (χ0n) is 18.4. The first-order valence-electron chi connectivity index (χ1n) is 10.4. The van der Waals surface area contributed by atoms with Crippen LogP contribution in [0.15, 0.2) is 48.5 Å². The molecule has 4 rings (SSSR count). The molecule has 0 saturated carbocycles. The summed E-state index contributed by atoms with van der Waals surface area (Å²) in [5.41, 5.74) is 2.52. The fraction of sp³-hybridized carbons (Fsp3) is 0.375. The van der Waals surface area contributed by atoms with Gasteiger partial charge in [0.25, 0.3) is 12.4 Å². The lowest BCUT2D eigenvalue weighted by atomic mass is 9.89. The van der Waals surface area contributed by atoms with Crippen LogP contribution in [0, 0.1) is 17.7 Å². The van der Waals surface area contributed by atoms with Gasteiger partial charge in [-0.05, 0) is 42.0 Å². The van der Waals surface area contributed by atoms with Crippen molar-refractivity contribution in [2.75, 3.05) is 38.6 Å². The van der Waals surface area contributed by atoms with Crippen LogP contribution in [-0.2, 0) is 9.59 Å². The highest BCUT2D eigenvalue weighted by molar-refractivity contribution is 5.94. The fourth-order valence-electron chi connectivity index (χ4n) is 4.74. The van der Waals surface area contributed by atoms with Crippen LogP contribution >= 0.6 is 0 Å². The predicted molar refractivity (Wildman–Crippen MR) is 119 cm³/mol. The van der Waals surface area contributed by atoms with Crippen LogP contribution in [-0.4, -0.2) is 66.9 Å². The molecular weight excluding hydrogens is 413 g/mol. The van der Waals surface area contributed by atoms with E-state index in [0.717, 1.165) is 11.3 Å². The van der Waals surface area contributed by atoms with Crippen LogP contribution in [0.2, 0.25) is 0 Å². The minimum atomic E-state index is -0.304. The molecule has 32 heavy (non-hydrogen) atoms. The molecule has 2 fully saturated rings. The number of halogens is 1. The van der Waals surface area contributed by atoms with Crippen molar-refractivity contribution in [3.8, 4) is 0 Å². The van der Waals surface area contributed by atoms with E-state index in [1.165, 1.54) is 12.1 Å². The van der Waals surface area contributed by atoms with Gasteiger partial charge in [-0.25, -0.2) is 4.39 Å². The highest BCUT2D eigenvalue weighted by atomic mass is 19.1. The fourth-order valence-corrected chi connectivity index (χ4v) is 4.74. The number of nitrogens with zero attached hydrogens (tertiary/aromatic N) is 3. The third-order valence-electron chi connectivity index (χ3n) is 6.18. The van der Waals surface area contributed by atoms with E-state index in [1.807, 2.05) is 59.1 Å². The third-order valence-corrected chi connectivity index (χ3v) is 6.18. The van der Waals surface area contributed by atoms with E-state index in [2.05, 4.69) is 0 Å². The number of carboxylic acid groups (broad SMARTS) is 1. The van der Waals surface area contributed by atoms with Crippen molar-refractivity contribution in [3.63, 3.8) is 0 Å². The number of carbonyl (C=O) groups is 3. The normalized spacial score (nSPS) is 21.4. The maximum atomic E-state index is 13.8. The number of fused-ring (bicyclic) bond motifs is 1. The number of likely N-dealkylation sites (tertiary alicyclic amines) is 2. The third kappa shape index (κ3) is 4.74. The number of hydrogen-bond donors (Lipinski definition) is 1. The van der Waals surface area contributed by atoms with E-state index in [4.69, 9.17) is 9.90 Å². The Hall–Kier alpha value is -3.42. The molecule has 8 heteroatoms. The summed E-state index contributed by atoms with van der Waals surface area (Å²) in [7, 11) is 3.93. The predicted octanol–water partition coefficient (Wildman–Crippen LogP) is 2.88. The quantitative estimate of drug-likeness (QED) is 0.741. The van der Waals surface area contributed by atoms with Crippen LogP contribution in [0.5, 0.6) is 0 Å². The van der Waals surface area contributed by atoms with Gasteiger partial charge in [-0.2, -0.15) is 0 Å². The molecule has 2 aliphatic rings. The topological polar surface area (TPSA) is 81.2 Å². The molecule has 2 aromatic carbocycles. The van der Waals surface area contributed by atoms with Gasteiger partial charge in [-0.1, -0.05) is 12.1 Å². The Morgan fingerprint density at radius 1 is 1.09 bits per heavy atom. The summed E-state index contributed by atoms with van der Waals surface area (Å²) in [5.74, 6) is 0.0205. The second-order valence-electron chi connectivity index (χ2n) is 8.35. The number of benzene rings is 2. The summed E-state index contributed by atoms with van der Waals surface area (Å²) in [5, 5.41) is 6.89. The molecule has 3 atom stereocenters. The van der Waals surface area contributed by atoms with Crippen LogP contribution in [0.25, 0.3) is 0 Å². The van der Waals surface area contributed by atoms with Gasteiger partial charge < -0.3 is 19.8 Å². The number of hydrogen-bond acceptors (Lipinski definition) is 4. The lowest BCUT2D eigenvalue weighted by Gasteiger charge is -2.29. The van der Waals surface area contributed by atoms with Gasteiger partial charge in [-0.15, -0.1) is 0 Å². The molecule has 0 radical (unpaired) electrons. The summed E-state index contributed by atoms with van der Waals surface area (Å²) in [6, 6.07) is 13.9.